The predicted molar refractivity (Wildman–Crippen MR) is 164 cm³/mol. The summed E-state index contributed by atoms with van der Waals surface area (Å²) in [7, 11) is 1.73. The Bertz CT molecular complexity index is 1060. The summed E-state index contributed by atoms with van der Waals surface area (Å²) in [5.41, 5.74) is 0.673. The van der Waals surface area contributed by atoms with Crippen molar-refractivity contribution in [3.63, 3.8) is 0 Å². The van der Waals surface area contributed by atoms with E-state index >= 15 is 0 Å². The highest BCUT2D eigenvalue weighted by molar-refractivity contribution is 6.22. The third-order valence-corrected chi connectivity index (χ3v) is 10.7. The maximum absolute atomic E-state index is 12.3. The molecule has 4 aliphatic rings. The summed E-state index contributed by atoms with van der Waals surface area (Å²) < 4.78 is 23.4. The predicted octanol–water partition coefficient (Wildman–Crippen LogP) is 5.74. The van der Waals surface area contributed by atoms with Gasteiger partial charge in [-0.15, -0.1) is 0 Å². The number of Topliss-reactive ketones (excluding diaryl/α,β-unsaturated/α-hetero) is 1. The molecule has 43 heavy (non-hydrogen) atoms. The summed E-state index contributed by atoms with van der Waals surface area (Å²) in [6.45, 7) is 12.3. The summed E-state index contributed by atoms with van der Waals surface area (Å²) in [6, 6.07) is 0. The van der Waals surface area contributed by atoms with Crippen LogP contribution in [0, 0.1) is 41.4 Å². The first-order valence-corrected chi connectivity index (χ1v) is 16.4. The van der Waals surface area contributed by atoms with Gasteiger partial charge in [-0.05, 0) is 67.8 Å². The Morgan fingerprint density at radius 2 is 1.77 bits per heavy atom. The number of cyclic esters (lactones) is 1. The molecule has 0 aromatic carbocycles. The first-order chi connectivity index (χ1) is 20.5. The van der Waals surface area contributed by atoms with Gasteiger partial charge in [0.05, 0.1) is 37.1 Å². The Morgan fingerprint density at radius 3 is 2.42 bits per heavy atom. The zero-order valence-corrected chi connectivity index (χ0v) is 27.2. The lowest BCUT2D eigenvalue weighted by Crippen LogP contribution is -2.37. The van der Waals surface area contributed by atoms with Gasteiger partial charge in [-0.3, -0.25) is 4.79 Å². The second-order valence-electron chi connectivity index (χ2n) is 13.8. The Morgan fingerprint density at radius 1 is 1.02 bits per heavy atom. The van der Waals surface area contributed by atoms with Crippen molar-refractivity contribution >= 4 is 11.8 Å². The van der Waals surface area contributed by atoms with Gasteiger partial charge in [-0.25, -0.2) is 4.79 Å². The molecule has 2 N–H and O–H groups in total. The van der Waals surface area contributed by atoms with Crippen molar-refractivity contribution in [2.45, 2.75) is 111 Å². The minimum atomic E-state index is -0.739. The molecule has 1 saturated carbocycles. The normalized spacial score (nSPS) is 39.2. The van der Waals surface area contributed by atoms with Crippen LogP contribution in [0.5, 0.6) is 0 Å². The number of esters is 1. The van der Waals surface area contributed by atoms with E-state index in [0.29, 0.717) is 5.92 Å². The summed E-state index contributed by atoms with van der Waals surface area (Å²) in [5.74, 6) is -0.447. The van der Waals surface area contributed by atoms with Crippen LogP contribution in [-0.2, 0) is 28.5 Å². The van der Waals surface area contributed by atoms with Crippen LogP contribution in [0.2, 0.25) is 0 Å². The topological polar surface area (TPSA) is 112 Å². The number of methoxy groups -OCH3 is 1. The van der Waals surface area contributed by atoms with Crippen molar-refractivity contribution in [1.29, 1.82) is 0 Å². The van der Waals surface area contributed by atoms with Crippen LogP contribution in [-0.4, -0.2) is 72.8 Å². The lowest BCUT2D eigenvalue weighted by atomic mass is 9.66. The van der Waals surface area contributed by atoms with Gasteiger partial charge in [0.2, 0.25) is 5.78 Å². The van der Waals surface area contributed by atoms with Crippen LogP contribution >= 0.6 is 0 Å². The van der Waals surface area contributed by atoms with E-state index in [4.69, 9.17) is 18.9 Å². The third-order valence-electron chi connectivity index (χ3n) is 10.7. The summed E-state index contributed by atoms with van der Waals surface area (Å²) in [6.07, 6.45) is 12.5. The van der Waals surface area contributed by atoms with Gasteiger partial charge in [0, 0.05) is 18.9 Å². The molecule has 0 aromatic rings. The van der Waals surface area contributed by atoms with Crippen molar-refractivity contribution < 1.29 is 38.7 Å². The molecule has 0 spiro atoms. The Labute approximate surface area is 257 Å². The van der Waals surface area contributed by atoms with Crippen molar-refractivity contribution in [3.05, 3.63) is 35.1 Å². The highest BCUT2D eigenvalue weighted by Crippen LogP contribution is 2.44. The maximum atomic E-state index is 12.3. The fourth-order valence-corrected chi connectivity index (χ4v) is 8.06. The van der Waals surface area contributed by atoms with Gasteiger partial charge in [0.25, 0.3) is 0 Å². The molecule has 3 aliphatic heterocycles. The third kappa shape index (κ3) is 7.63. The number of carbonyl (C=O) groups is 2. The van der Waals surface area contributed by atoms with Gasteiger partial charge >= 0.3 is 5.97 Å². The largest absolute Gasteiger partial charge is 0.511 e. The molecule has 4 fully saturated rings. The molecule has 3 heterocycles. The average molecular weight is 603 g/mol. The van der Waals surface area contributed by atoms with Crippen molar-refractivity contribution in [1.82, 2.24) is 0 Å². The van der Waals surface area contributed by atoms with Crippen molar-refractivity contribution in [3.8, 4) is 0 Å². The van der Waals surface area contributed by atoms with E-state index < -0.39 is 17.7 Å². The number of aliphatic hydroxyl groups is 2. The molecule has 8 heteroatoms. The van der Waals surface area contributed by atoms with Crippen LogP contribution in [0.3, 0.4) is 0 Å². The van der Waals surface area contributed by atoms with Gasteiger partial charge in [-0.1, -0.05) is 65.7 Å². The number of allylic oxidation sites excluding steroid dienone is 2. The molecular weight excluding hydrogens is 548 g/mol. The van der Waals surface area contributed by atoms with Crippen molar-refractivity contribution in [2.24, 2.45) is 41.4 Å². The highest BCUT2D eigenvalue weighted by atomic mass is 16.6. The van der Waals surface area contributed by atoms with Crippen LogP contribution in [0.1, 0.15) is 80.1 Å². The molecule has 3 saturated heterocycles. The second-order valence-corrected chi connectivity index (χ2v) is 13.8. The molecule has 12 atom stereocenters. The van der Waals surface area contributed by atoms with E-state index in [1.165, 1.54) is 0 Å². The van der Waals surface area contributed by atoms with Gasteiger partial charge in [-0.2, -0.15) is 0 Å². The molecule has 0 amide bonds. The smallest absolute Gasteiger partial charge is 0.345 e. The second kappa shape index (κ2) is 14.9. The van der Waals surface area contributed by atoms with E-state index in [-0.39, 0.29) is 84.7 Å². The lowest BCUT2D eigenvalue weighted by molar-refractivity contribution is -0.135. The number of aliphatic hydroxyl groups excluding tert-OH is 2. The summed E-state index contributed by atoms with van der Waals surface area (Å²) in [4.78, 5) is 24.4. The minimum absolute atomic E-state index is 0.0116. The van der Waals surface area contributed by atoms with Crippen LogP contribution < -0.4 is 0 Å². The Balaban J connectivity index is 1.48. The number of ketones is 1. The van der Waals surface area contributed by atoms with Crippen LogP contribution in [0.4, 0.5) is 0 Å². The highest BCUT2D eigenvalue weighted by Gasteiger charge is 2.41. The standard InChI is InChI=1S/C35H54O8/c1-19-9-8-10-25(30(19)23(5)32(38)31-28(37)18-41-35(31)39)16-26(17-36)34-21(3)12-14-27(42-34)13-11-20(2)33-22(4)15-29(43-33)24(6)40-7/h11,13,16,19-25,27,29-30,33-34,36,38H,8-10,12,14-15,17-18H2,1-7H3/b13-11?,26-16+,32-31-/t19-,20+,21-,22+,23+,24+,25-,27-,29-,30-,33+,34-/m1/s1. The SMILES string of the molecule is CO[C@@H](C)[C@H]1C[C@H](C)[C@H]([C@@H](C)C=C[C@@H]2CC[C@@H](C)[C@H](/C(=C/[C@H]3CCC[C@@H](C)[C@@H]3[C@H](C)/C(O)=C3\C(=O)COC3=O)CO)O2)O1. The average Bonchev–Trinajstić information content (AvgIpc) is 3.55. The maximum Gasteiger partial charge on any atom is 0.345 e. The van der Waals surface area contributed by atoms with Gasteiger partial charge in [0.15, 0.2) is 6.61 Å². The lowest BCUT2D eigenvalue weighted by Gasteiger charge is -2.41. The Hall–Kier alpha value is -2.00. The van der Waals surface area contributed by atoms with Crippen LogP contribution in [0.25, 0.3) is 0 Å². The fraction of sp³-hybridized carbons (Fsp3) is 0.771. The zero-order chi connectivity index (χ0) is 31.4. The van der Waals surface area contributed by atoms with Crippen LogP contribution in [0.15, 0.2) is 35.1 Å². The number of rotatable bonds is 10. The number of hydrogen-bond acceptors (Lipinski definition) is 8. The molecule has 1 aliphatic carbocycles. The van der Waals surface area contributed by atoms with Crippen molar-refractivity contribution in [2.75, 3.05) is 20.3 Å². The first-order valence-electron chi connectivity index (χ1n) is 16.4. The number of hydrogen-bond donors (Lipinski definition) is 2. The molecule has 8 nitrogen and oxygen atoms in total. The van der Waals surface area contributed by atoms with E-state index in [2.05, 4.69) is 52.8 Å². The van der Waals surface area contributed by atoms with E-state index in [0.717, 1.165) is 44.1 Å². The van der Waals surface area contributed by atoms with E-state index in [9.17, 15) is 19.8 Å². The molecule has 0 unspecified atom stereocenters. The van der Waals surface area contributed by atoms with E-state index in [1.54, 1.807) is 7.11 Å². The number of carbonyl (C=O) groups excluding carboxylic acids is 2. The first kappa shape index (κ1) is 33.9. The Kier molecular flexibility index (Phi) is 11.7. The quantitative estimate of drug-likeness (QED) is 0.107. The monoisotopic (exact) mass is 602 g/mol. The molecule has 0 radical (unpaired) electrons. The molecule has 242 valence electrons. The molecule has 4 rings (SSSR count). The number of ether oxygens (including phenoxy) is 4. The van der Waals surface area contributed by atoms with E-state index in [1.807, 2.05) is 6.92 Å². The minimum Gasteiger partial charge on any atom is -0.511 e. The van der Waals surface area contributed by atoms with Gasteiger partial charge in [0.1, 0.15) is 11.3 Å². The molecular formula is C35H54O8. The summed E-state index contributed by atoms with van der Waals surface area (Å²) in [5, 5.41) is 21.6. The fourth-order valence-electron chi connectivity index (χ4n) is 8.06. The summed E-state index contributed by atoms with van der Waals surface area (Å²) >= 11 is 0. The molecule has 0 aromatic heterocycles. The zero-order valence-electron chi connectivity index (χ0n) is 27.2. The van der Waals surface area contributed by atoms with Gasteiger partial charge < -0.3 is 29.2 Å². The molecule has 0 bridgehead atoms.